The number of aryl methyl sites for hydroxylation is 1. The normalized spacial score (nSPS) is 18.1. The van der Waals surface area contributed by atoms with Crippen LogP contribution in [0.1, 0.15) is 37.3 Å². The number of carbonyl (C=O) groups is 1. The third-order valence-electron chi connectivity index (χ3n) is 3.94. The van der Waals surface area contributed by atoms with Gasteiger partial charge in [0.2, 0.25) is 5.91 Å². The SMILES string of the molecule is CN1C(=O)CCc2cc(C(C)(N)CCCO)ccc21. The third-order valence-corrected chi connectivity index (χ3v) is 3.94. The minimum Gasteiger partial charge on any atom is -0.396 e. The Morgan fingerprint density at radius 2 is 2.16 bits per heavy atom. The highest BCUT2D eigenvalue weighted by molar-refractivity contribution is 5.95. The van der Waals surface area contributed by atoms with E-state index < -0.39 is 5.54 Å². The minimum atomic E-state index is -0.433. The summed E-state index contributed by atoms with van der Waals surface area (Å²) in [5.74, 6) is 0.163. The summed E-state index contributed by atoms with van der Waals surface area (Å²) in [5, 5.41) is 8.93. The van der Waals surface area contributed by atoms with Gasteiger partial charge in [0.1, 0.15) is 0 Å². The fourth-order valence-electron chi connectivity index (χ4n) is 2.60. The van der Waals surface area contributed by atoms with Crippen molar-refractivity contribution < 1.29 is 9.90 Å². The van der Waals surface area contributed by atoms with Crippen LogP contribution in [0, 0.1) is 0 Å². The Morgan fingerprint density at radius 1 is 1.42 bits per heavy atom. The molecule has 1 atom stereocenters. The molecule has 1 aromatic carbocycles. The summed E-state index contributed by atoms with van der Waals surface area (Å²) >= 11 is 0. The number of benzene rings is 1. The van der Waals surface area contributed by atoms with Crippen molar-refractivity contribution in [2.24, 2.45) is 5.73 Å². The fraction of sp³-hybridized carbons (Fsp3) is 0.533. The molecule has 1 amide bonds. The molecule has 0 radical (unpaired) electrons. The van der Waals surface area contributed by atoms with Crippen molar-refractivity contribution in [3.8, 4) is 0 Å². The minimum absolute atomic E-state index is 0.162. The Kier molecular flexibility index (Phi) is 3.92. The predicted molar refractivity (Wildman–Crippen MR) is 76.0 cm³/mol. The van der Waals surface area contributed by atoms with Gasteiger partial charge < -0.3 is 15.7 Å². The van der Waals surface area contributed by atoms with E-state index in [-0.39, 0.29) is 12.5 Å². The van der Waals surface area contributed by atoms with Gasteiger partial charge in [-0.25, -0.2) is 0 Å². The zero-order valence-corrected chi connectivity index (χ0v) is 11.6. The molecule has 1 aliphatic heterocycles. The first-order valence-corrected chi connectivity index (χ1v) is 6.75. The highest BCUT2D eigenvalue weighted by Crippen LogP contribution is 2.32. The Labute approximate surface area is 114 Å². The summed E-state index contributed by atoms with van der Waals surface area (Å²) in [6.07, 6.45) is 2.78. The van der Waals surface area contributed by atoms with Crippen molar-refractivity contribution in [2.75, 3.05) is 18.6 Å². The number of aliphatic hydroxyl groups is 1. The first-order chi connectivity index (χ1) is 8.95. The number of nitrogens with zero attached hydrogens (tertiary/aromatic N) is 1. The summed E-state index contributed by atoms with van der Waals surface area (Å²) in [5.41, 5.74) is 9.13. The number of hydrogen-bond acceptors (Lipinski definition) is 3. The maximum atomic E-state index is 11.7. The van der Waals surface area contributed by atoms with Gasteiger partial charge >= 0.3 is 0 Å². The highest BCUT2D eigenvalue weighted by atomic mass is 16.2. The van der Waals surface area contributed by atoms with Crippen LogP contribution in [0.15, 0.2) is 18.2 Å². The van der Waals surface area contributed by atoms with Crippen LogP contribution >= 0.6 is 0 Å². The van der Waals surface area contributed by atoms with Gasteiger partial charge in [0.25, 0.3) is 0 Å². The van der Waals surface area contributed by atoms with Crippen molar-refractivity contribution in [1.82, 2.24) is 0 Å². The van der Waals surface area contributed by atoms with Gasteiger partial charge in [-0.1, -0.05) is 12.1 Å². The molecule has 0 aliphatic carbocycles. The molecule has 104 valence electrons. The first-order valence-electron chi connectivity index (χ1n) is 6.75. The van der Waals surface area contributed by atoms with Gasteiger partial charge in [0.05, 0.1) is 0 Å². The summed E-state index contributed by atoms with van der Waals surface area (Å²) in [6.45, 7) is 2.15. The molecule has 0 saturated heterocycles. The lowest BCUT2D eigenvalue weighted by Crippen LogP contribution is -2.35. The summed E-state index contributed by atoms with van der Waals surface area (Å²) in [6, 6.07) is 6.08. The van der Waals surface area contributed by atoms with Gasteiger partial charge in [0.15, 0.2) is 0 Å². The van der Waals surface area contributed by atoms with E-state index in [0.717, 1.165) is 24.1 Å². The van der Waals surface area contributed by atoms with Crippen LogP contribution in [0.5, 0.6) is 0 Å². The van der Waals surface area contributed by atoms with E-state index in [2.05, 4.69) is 6.07 Å². The van der Waals surface area contributed by atoms with Crippen LogP contribution in [0.4, 0.5) is 5.69 Å². The molecule has 2 rings (SSSR count). The molecule has 1 aliphatic rings. The number of fused-ring (bicyclic) bond motifs is 1. The zero-order chi connectivity index (χ0) is 14.0. The third kappa shape index (κ3) is 2.80. The fourth-order valence-corrected chi connectivity index (χ4v) is 2.60. The average Bonchev–Trinajstić information content (AvgIpc) is 2.40. The zero-order valence-electron chi connectivity index (χ0n) is 11.6. The van der Waals surface area contributed by atoms with Gasteiger partial charge in [0, 0.05) is 31.3 Å². The summed E-state index contributed by atoms with van der Waals surface area (Å²) in [4.78, 5) is 13.4. The Morgan fingerprint density at radius 3 is 2.84 bits per heavy atom. The van der Waals surface area contributed by atoms with E-state index in [1.807, 2.05) is 26.1 Å². The lowest BCUT2D eigenvalue weighted by molar-refractivity contribution is -0.118. The number of anilines is 1. The van der Waals surface area contributed by atoms with Crippen molar-refractivity contribution in [2.45, 2.75) is 38.1 Å². The van der Waals surface area contributed by atoms with Gasteiger partial charge in [-0.2, -0.15) is 0 Å². The topological polar surface area (TPSA) is 66.6 Å². The van der Waals surface area contributed by atoms with E-state index in [9.17, 15) is 4.79 Å². The van der Waals surface area contributed by atoms with Gasteiger partial charge in [-0.3, -0.25) is 4.79 Å². The second-order valence-corrected chi connectivity index (χ2v) is 5.54. The number of nitrogens with two attached hydrogens (primary N) is 1. The molecule has 1 heterocycles. The molecule has 1 aromatic rings. The van der Waals surface area contributed by atoms with E-state index in [4.69, 9.17) is 10.8 Å². The van der Waals surface area contributed by atoms with Crippen LogP contribution in [0.2, 0.25) is 0 Å². The monoisotopic (exact) mass is 262 g/mol. The van der Waals surface area contributed by atoms with Gasteiger partial charge in [-0.05, 0) is 43.4 Å². The van der Waals surface area contributed by atoms with Crippen LogP contribution in [-0.2, 0) is 16.8 Å². The standard InChI is InChI=1S/C15H22N2O2/c1-15(16,8-3-9-18)12-5-6-13-11(10-12)4-7-14(19)17(13)2/h5-6,10,18H,3-4,7-9,16H2,1-2H3. The molecule has 3 N–H and O–H groups in total. The van der Waals surface area contributed by atoms with Crippen LogP contribution in [-0.4, -0.2) is 24.7 Å². The Balaban J connectivity index is 2.29. The predicted octanol–water partition coefficient (Wildman–Crippen LogP) is 1.54. The lowest BCUT2D eigenvalue weighted by atomic mass is 9.86. The second-order valence-electron chi connectivity index (χ2n) is 5.54. The smallest absolute Gasteiger partial charge is 0.227 e. The molecule has 0 bridgehead atoms. The van der Waals surface area contributed by atoms with Crippen molar-refractivity contribution in [3.05, 3.63) is 29.3 Å². The summed E-state index contributed by atoms with van der Waals surface area (Å²) in [7, 11) is 1.81. The highest BCUT2D eigenvalue weighted by Gasteiger charge is 2.25. The van der Waals surface area contributed by atoms with Gasteiger partial charge in [-0.15, -0.1) is 0 Å². The lowest BCUT2D eigenvalue weighted by Gasteiger charge is -2.30. The van der Waals surface area contributed by atoms with E-state index in [1.54, 1.807) is 4.90 Å². The van der Waals surface area contributed by atoms with Crippen LogP contribution in [0.25, 0.3) is 0 Å². The molecule has 4 nitrogen and oxygen atoms in total. The number of rotatable bonds is 4. The van der Waals surface area contributed by atoms with E-state index >= 15 is 0 Å². The largest absolute Gasteiger partial charge is 0.396 e. The average molecular weight is 262 g/mol. The van der Waals surface area contributed by atoms with E-state index in [0.29, 0.717) is 12.8 Å². The molecule has 1 unspecified atom stereocenters. The first kappa shape index (κ1) is 14.0. The van der Waals surface area contributed by atoms with Crippen LogP contribution in [0.3, 0.4) is 0 Å². The van der Waals surface area contributed by atoms with E-state index in [1.165, 1.54) is 5.56 Å². The molecule has 19 heavy (non-hydrogen) atoms. The number of amides is 1. The van der Waals surface area contributed by atoms with Crippen molar-refractivity contribution in [3.63, 3.8) is 0 Å². The van der Waals surface area contributed by atoms with Crippen LogP contribution < -0.4 is 10.6 Å². The number of carbonyl (C=O) groups excluding carboxylic acids is 1. The molecule has 0 spiro atoms. The molecular formula is C15H22N2O2. The number of hydrogen-bond donors (Lipinski definition) is 2. The Bertz CT molecular complexity index is 483. The number of aliphatic hydroxyl groups excluding tert-OH is 1. The second kappa shape index (κ2) is 5.31. The maximum absolute atomic E-state index is 11.7. The molecule has 4 heteroatoms. The molecule has 0 saturated carbocycles. The van der Waals surface area contributed by atoms with Crippen molar-refractivity contribution in [1.29, 1.82) is 0 Å². The molecular weight excluding hydrogens is 240 g/mol. The van der Waals surface area contributed by atoms with Crippen molar-refractivity contribution >= 4 is 11.6 Å². The Hall–Kier alpha value is -1.39. The quantitative estimate of drug-likeness (QED) is 0.865. The molecule has 0 aromatic heterocycles. The molecule has 0 fully saturated rings. The summed E-state index contributed by atoms with van der Waals surface area (Å²) < 4.78 is 0. The maximum Gasteiger partial charge on any atom is 0.227 e.